The maximum atomic E-state index is 10.4. The summed E-state index contributed by atoms with van der Waals surface area (Å²) in [5, 5.41) is 10.4. The summed E-state index contributed by atoms with van der Waals surface area (Å²) in [5.41, 5.74) is 0.748. The van der Waals surface area contributed by atoms with Gasteiger partial charge in [-0.3, -0.25) is 0 Å². The molecule has 1 nitrogen and oxygen atoms in total. The lowest BCUT2D eigenvalue weighted by Crippen LogP contribution is -2.23. The van der Waals surface area contributed by atoms with Crippen LogP contribution in [-0.2, 0) is 0 Å². The van der Waals surface area contributed by atoms with Crippen molar-refractivity contribution in [3.8, 4) is 0 Å². The highest BCUT2D eigenvalue weighted by atomic mass is 16.3. The average molecular weight is 218 g/mol. The third-order valence-corrected chi connectivity index (χ3v) is 3.28. The van der Waals surface area contributed by atoms with E-state index in [1.807, 2.05) is 36.4 Å². The van der Waals surface area contributed by atoms with E-state index in [4.69, 9.17) is 0 Å². The fourth-order valence-electron chi connectivity index (χ4n) is 1.92. The van der Waals surface area contributed by atoms with E-state index in [-0.39, 0.29) is 5.41 Å². The Morgan fingerprint density at radius 2 is 2.00 bits per heavy atom. The van der Waals surface area contributed by atoms with E-state index in [2.05, 4.69) is 20.4 Å². The third-order valence-electron chi connectivity index (χ3n) is 3.28. The van der Waals surface area contributed by atoms with Gasteiger partial charge in [0.05, 0.1) is 6.10 Å². The lowest BCUT2D eigenvalue weighted by Gasteiger charge is -2.31. The molecule has 1 aromatic carbocycles. The zero-order chi connectivity index (χ0) is 12.0. The third kappa shape index (κ3) is 2.96. The van der Waals surface area contributed by atoms with Gasteiger partial charge in [-0.2, -0.15) is 0 Å². The van der Waals surface area contributed by atoms with E-state index in [1.165, 1.54) is 0 Å². The van der Waals surface area contributed by atoms with Crippen molar-refractivity contribution in [3.05, 3.63) is 48.6 Å². The van der Waals surface area contributed by atoms with Crippen molar-refractivity contribution < 1.29 is 5.11 Å². The Labute approximate surface area is 98.8 Å². The predicted molar refractivity (Wildman–Crippen MR) is 69.2 cm³/mol. The molecule has 0 radical (unpaired) electrons. The standard InChI is InChI=1S/C15H22O/c1-4-6-12-15(3,5-2)14(16)13-10-8-7-9-11-13/h5,7-11,14,16H,2,4,6,12H2,1,3H3/t14-,15-/m1/s1. The summed E-state index contributed by atoms with van der Waals surface area (Å²) in [5.74, 6) is 0. The largest absolute Gasteiger partial charge is 0.388 e. The van der Waals surface area contributed by atoms with Crippen molar-refractivity contribution in [2.45, 2.75) is 39.2 Å². The molecule has 0 aliphatic rings. The molecular formula is C15H22O. The lowest BCUT2D eigenvalue weighted by molar-refractivity contribution is 0.0624. The number of hydrogen-bond acceptors (Lipinski definition) is 1. The van der Waals surface area contributed by atoms with Crippen LogP contribution in [0.5, 0.6) is 0 Å². The van der Waals surface area contributed by atoms with Crippen molar-refractivity contribution in [1.82, 2.24) is 0 Å². The maximum Gasteiger partial charge on any atom is 0.0877 e. The number of hydrogen-bond donors (Lipinski definition) is 1. The molecule has 1 rings (SSSR count). The first-order chi connectivity index (χ1) is 7.64. The average Bonchev–Trinajstić information content (AvgIpc) is 2.36. The van der Waals surface area contributed by atoms with Crippen LogP contribution < -0.4 is 0 Å². The zero-order valence-electron chi connectivity index (χ0n) is 10.3. The van der Waals surface area contributed by atoms with Gasteiger partial charge in [-0.25, -0.2) is 0 Å². The summed E-state index contributed by atoms with van der Waals surface area (Å²) in [4.78, 5) is 0. The zero-order valence-corrected chi connectivity index (χ0v) is 10.3. The number of benzene rings is 1. The molecule has 0 unspecified atom stereocenters. The Bertz CT molecular complexity index is 317. The molecule has 0 aliphatic carbocycles. The molecule has 0 fully saturated rings. The van der Waals surface area contributed by atoms with Gasteiger partial charge >= 0.3 is 0 Å². The Kier molecular flexibility index (Phi) is 4.75. The molecule has 1 N–H and O–H groups in total. The van der Waals surface area contributed by atoms with Gasteiger partial charge in [0, 0.05) is 5.41 Å². The molecule has 0 saturated carbocycles. The van der Waals surface area contributed by atoms with E-state index in [0.29, 0.717) is 0 Å². The van der Waals surface area contributed by atoms with Crippen molar-refractivity contribution in [2.75, 3.05) is 0 Å². The van der Waals surface area contributed by atoms with E-state index >= 15 is 0 Å². The van der Waals surface area contributed by atoms with Gasteiger partial charge in [0.2, 0.25) is 0 Å². The Morgan fingerprint density at radius 3 is 2.50 bits per heavy atom. The Hall–Kier alpha value is -1.08. The van der Waals surface area contributed by atoms with Gasteiger partial charge in [0.25, 0.3) is 0 Å². The van der Waals surface area contributed by atoms with Gasteiger partial charge in [-0.15, -0.1) is 6.58 Å². The summed E-state index contributed by atoms with van der Waals surface area (Å²) in [6.07, 6.45) is 4.67. The summed E-state index contributed by atoms with van der Waals surface area (Å²) in [6.45, 7) is 8.11. The smallest absolute Gasteiger partial charge is 0.0877 e. The van der Waals surface area contributed by atoms with Crippen LogP contribution in [0.4, 0.5) is 0 Å². The summed E-state index contributed by atoms with van der Waals surface area (Å²) < 4.78 is 0. The van der Waals surface area contributed by atoms with Crippen molar-refractivity contribution >= 4 is 0 Å². The first-order valence-electron chi connectivity index (χ1n) is 6.00. The van der Waals surface area contributed by atoms with Crippen LogP contribution in [0.2, 0.25) is 0 Å². The minimum absolute atomic E-state index is 0.225. The molecule has 0 aromatic heterocycles. The molecule has 0 amide bonds. The highest BCUT2D eigenvalue weighted by Gasteiger charge is 2.30. The minimum Gasteiger partial charge on any atom is -0.388 e. The van der Waals surface area contributed by atoms with Crippen molar-refractivity contribution in [2.24, 2.45) is 5.41 Å². The van der Waals surface area contributed by atoms with E-state index in [0.717, 1.165) is 24.8 Å². The number of unbranched alkanes of at least 4 members (excludes halogenated alkanes) is 1. The predicted octanol–water partition coefficient (Wildman–Crippen LogP) is 4.10. The molecular weight excluding hydrogens is 196 g/mol. The molecule has 0 aliphatic heterocycles. The normalized spacial score (nSPS) is 16.4. The second kappa shape index (κ2) is 5.86. The van der Waals surface area contributed by atoms with Crippen LogP contribution >= 0.6 is 0 Å². The highest BCUT2D eigenvalue weighted by molar-refractivity contribution is 5.21. The van der Waals surface area contributed by atoms with Crippen molar-refractivity contribution in [3.63, 3.8) is 0 Å². The molecule has 88 valence electrons. The number of rotatable bonds is 6. The fourth-order valence-corrected chi connectivity index (χ4v) is 1.92. The quantitative estimate of drug-likeness (QED) is 0.713. The van der Waals surface area contributed by atoms with Crippen LogP contribution in [0.15, 0.2) is 43.0 Å². The van der Waals surface area contributed by atoms with E-state index in [9.17, 15) is 5.11 Å². The lowest BCUT2D eigenvalue weighted by atomic mass is 9.77. The van der Waals surface area contributed by atoms with Crippen LogP contribution in [-0.4, -0.2) is 5.11 Å². The van der Waals surface area contributed by atoms with Crippen LogP contribution in [0.3, 0.4) is 0 Å². The van der Waals surface area contributed by atoms with Crippen molar-refractivity contribution in [1.29, 1.82) is 0 Å². The fraction of sp³-hybridized carbons (Fsp3) is 0.467. The van der Waals surface area contributed by atoms with Gasteiger partial charge in [0.1, 0.15) is 0 Å². The minimum atomic E-state index is -0.460. The Balaban J connectivity index is 2.84. The maximum absolute atomic E-state index is 10.4. The molecule has 16 heavy (non-hydrogen) atoms. The van der Waals surface area contributed by atoms with Crippen LogP contribution in [0.25, 0.3) is 0 Å². The molecule has 0 heterocycles. The topological polar surface area (TPSA) is 20.2 Å². The molecule has 0 saturated heterocycles. The van der Waals surface area contributed by atoms with Gasteiger partial charge < -0.3 is 5.11 Å². The van der Waals surface area contributed by atoms with Crippen LogP contribution in [0, 0.1) is 5.41 Å². The second-order valence-corrected chi connectivity index (χ2v) is 4.63. The molecule has 0 bridgehead atoms. The van der Waals surface area contributed by atoms with Crippen LogP contribution in [0.1, 0.15) is 44.8 Å². The monoisotopic (exact) mass is 218 g/mol. The molecule has 0 spiro atoms. The molecule has 1 aromatic rings. The summed E-state index contributed by atoms with van der Waals surface area (Å²) >= 11 is 0. The first kappa shape index (κ1) is 13.0. The Morgan fingerprint density at radius 1 is 1.38 bits per heavy atom. The molecule has 1 heteroatoms. The summed E-state index contributed by atoms with van der Waals surface area (Å²) in [7, 11) is 0. The number of aliphatic hydroxyl groups excluding tert-OH is 1. The summed E-state index contributed by atoms with van der Waals surface area (Å²) in [6, 6.07) is 9.83. The number of aliphatic hydroxyl groups is 1. The first-order valence-corrected chi connectivity index (χ1v) is 6.00. The van der Waals surface area contributed by atoms with Gasteiger partial charge in [-0.05, 0) is 12.0 Å². The van der Waals surface area contributed by atoms with Gasteiger partial charge in [-0.1, -0.05) is 63.1 Å². The van der Waals surface area contributed by atoms with E-state index < -0.39 is 6.10 Å². The SMILES string of the molecule is C=C[C@](C)(CCCC)[C@H](O)c1ccccc1. The molecule has 2 atom stereocenters. The highest BCUT2D eigenvalue weighted by Crippen LogP contribution is 2.39. The van der Waals surface area contributed by atoms with Gasteiger partial charge in [0.15, 0.2) is 0 Å². The second-order valence-electron chi connectivity index (χ2n) is 4.63. The van der Waals surface area contributed by atoms with E-state index in [1.54, 1.807) is 0 Å².